The van der Waals surface area contributed by atoms with E-state index in [1.807, 2.05) is 47.4 Å². The topological polar surface area (TPSA) is 70.1 Å². The van der Waals surface area contributed by atoms with Gasteiger partial charge in [-0.25, -0.2) is 0 Å². The monoisotopic (exact) mass is 485 g/mol. The Hall–Kier alpha value is -3.33. The Morgan fingerprint density at radius 2 is 1.91 bits per heavy atom. The first-order valence-electron chi connectivity index (χ1n) is 11.4. The van der Waals surface area contributed by atoms with E-state index >= 15 is 0 Å². The van der Waals surface area contributed by atoms with Gasteiger partial charge in [0.2, 0.25) is 0 Å². The zero-order chi connectivity index (χ0) is 23.8. The number of benzene rings is 2. The number of carbonyl (C=O) groups is 1. The van der Waals surface area contributed by atoms with Crippen molar-refractivity contribution in [2.75, 3.05) is 4.90 Å². The summed E-state index contributed by atoms with van der Waals surface area (Å²) in [5, 5.41) is 10.8. The summed E-state index contributed by atoms with van der Waals surface area (Å²) in [6.07, 6.45) is 1.97. The summed E-state index contributed by atoms with van der Waals surface area (Å²) < 4.78 is 0. The highest BCUT2D eigenvalue weighted by Crippen LogP contribution is 2.50. The van der Waals surface area contributed by atoms with E-state index in [4.69, 9.17) is 17.3 Å². The number of allylic oxidation sites excluding steroid dienone is 3. The Morgan fingerprint density at radius 3 is 2.59 bits per heavy atom. The molecule has 170 valence electrons. The lowest BCUT2D eigenvalue weighted by atomic mass is 9.73. The average molecular weight is 486 g/mol. The molecule has 4 nitrogen and oxygen atoms in total. The van der Waals surface area contributed by atoms with Gasteiger partial charge in [0.25, 0.3) is 0 Å². The van der Waals surface area contributed by atoms with E-state index in [1.54, 1.807) is 17.4 Å². The van der Waals surface area contributed by atoms with E-state index in [2.05, 4.69) is 31.2 Å². The minimum absolute atomic E-state index is 0.0424. The molecule has 2 heterocycles. The number of hydrogen-bond acceptors (Lipinski definition) is 5. The van der Waals surface area contributed by atoms with E-state index < -0.39 is 5.92 Å². The van der Waals surface area contributed by atoms with Crippen molar-refractivity contribution in [3.05, 3.63) is 110 Å². The number of rotatable bonds is 4. The highest BCUT2D eigenvalue weighted by atomic mass is 35.5. The lowest BCUT2D eigenvalue weighted by molar-refractivity contribution is -0.116. The van der Waals surface area contributed by atoms with Crippen molar-refractivity contribution in [1.82, 2.24) is 0 Å². The first-order chi connectivity index (χ1) is 16.5. The summed E-state index contributed by atoms with van der Waals surface area (Å²) in [6.45, 7) is 2.10. The Labute approximate surface area is 208 Å². The summed E-state index contributed by atoms with van der Waals surface area (Å²) in [4.78, 5) is 17.9. The van der Waals surface area contributed by atoms with Gasteiger partial charge in [-0.1, -0.05) is 54.9 Å². The summed E-state index contributed by atoms with van der Waals surface area (Å²) in [5.41, 5.74) is 10.6. The minimum atomic E-state index is -0.440. The third kappa shape index (κ3) is 3.83. The van der Waals surface area contributed by atoms with Crippen molar-refractivity contribution < 1.29 is 4.79 Å². The van der Waals surface area contributed by atoms with E-state index in [-0.39, 0.29) is 11.7 Å². The van der Waals surface area contributed by atoms with Crippen molar-refractivity contribution >= 4 is 34.4 Å². The minimum Gasteiger partial charge on any atom is -0.384 e. The number of halogens is 1. The predicted octanol–water partition coefficient (Wildman–Crippen LogP) is 6.66. The second-order valence-corrected chi connectivity index (χ2v) is 10.3. The highest BCUT2D eigenvalue weighted by molar-refractivity contribution is 7.12. The first kappa shape index (κ1) is 22.5. The van der Waals surface area contributed by atoms with Gasteiger partial charge < -0.3 is 5.73 Å². The first-order valence-corrected chi connectivity index (χ1v) is 12.6. The molecule has 1 aliphatic carbocycles. The molecule has 6 heteroatoms. The zero-order valence-electron chi connectivity index (χ0n) is 18.8. The molecule has 0 saturated heterocycles. The number of nitrogens with two attached hydrogens (primary N) is 1. The summed E-state index contributed by atoms with van der Waals surface area (Å²) >= 11 is 7.97. The Bertz CT molecular complexity index is 1370. The van der Waals surface area contributed by atoms with Gasteiger partial charge in [0.05, 0.1) is 17.6 Å². The van der Waals surface area contributed by atoms with E-state index in [0.29, 0.717) is 34.8 Å². The van der Waals surface area contributed by atoms with Gasteiger partial charge in [0, 0.05) is 38.2 Å². The second-order valence-electron chi connectivity index (χ2n) is 8.62. The van der Waals surface area contributed by atoms with Gasteiger partial charge in [-0.15, -0.1) is 11.3 Å². The summed E-state index contributed by atoms with van der Waals surface area (Å²) in [7, 11) is 0. The van der Waals surface area contributed by atoms with Crippen molar-refractivity contribution in [2.24, 2.45) is 5.73 Å². The molecule has 0 unspecified atom stereocenters. The van der Waals surface area contributed by atoms with Crippen LogP contribution in [0.5, 0.6) is 0 Å². The number of thiophene rings is 1. The van der Waals surface area contributed by atoms with Crippen molar-refractivity contribution in [1.29, 1.82) is 5.26 Å². The van der Waals surface area contributed by atoms with Crippen LogP contribution < -0.4 is 10.6 Å². The lowest BCUT2D eigenvalue weighted by Crippen LogP contribution is -2.39. The fourth-order valence-corrected chi connectivity index (χ4v) is 6.28. The van der Waals surface area contributed by atoms with Crippen LogP contribution in [-0.2, 0) is 11.2 Å². The Balaban J connectivity index is 1.72. The maximum absolute atomic E-state index is 13.8. The third-order valence-corrected chi connectivity index (χ3v) is 8.15. The van der Waals surface area contributed by atoms with Crippen LogP contribution in [0.25, 0.3) is 0 Å². The van der Waals surface area contributed by atoms with Crippen molar-refractivity contribution in [3.8, 4) is 6.07 Å². The number of nitriles is 1. The number of carbonyl (C=O) groups excluding carboxylic acids is 1. The maximum atomic E-state index is 13.8. The molecular weight excluding hydrogens is 462 g/mol. The summed E-state index contributed by atoms with van der Waals surface area (Å²) in [6, 6.07) is 24.0. The summed E-state index contributed by atoms with van der Waals surface area (Å²) in [5.74, 6) is 0.0334. The molecule has 34 heavy (non-hydrogen) atoms. The molecule has 0 radical (unpaired) electrons. The fourth-order valence-electron chi connectivity index (χ4n) is 5.02. The van der Waals surface area contributed by atoms with Crippen LogP contribution in [0.3, 0.4) is 0 Å². The number of Topliss-reactive ketones (excluding diaryl/α,β-unsaturated/α-hetero) is 1. The molecule has 5 rings (SSSR count). The predicted molar refractivity (Wildman–Crippen MR) is 138 cm³/mol. The van der Waals surface area contributed by atoms with E-state index in [0.717, 1.165) is 28.2 Å². The molecule has 1 aromatic heterocycles. The van der Waals surface area contributed by atoms with Crippen LogP contribution in [0.15, 0.2) is 89.4 Å². The van der Waals surface area contributed by atoms with E-state index in [9.17, 15) is 10.1 Å². The lowest BCUT2D eigenvalue weighted by Gasteiger charge is -2.41. The fraction of sp³-hybridized carbons (Fsp3) is 0.214. The molecule has 2 aromatic carbocycles. The Kier molecular flexibility index (Phi) is 6.03. The number of anilines is 1. The van der Waals surface area contributed by atoms with Gasteiger partial charge in [-0.2, -0.15) is 5.26 Å². The van der Waals surface area contributed by atoms with Crippen LogP contribution in [0, 0.1) is 11.3 Å². The molecule has 0 saturated carbocycles. The van der Waals surface area contributed by atoms with Crippen LogP contribution in [0.1, 0.15) is 46.9 Å². The zero-order valence-corrected chi connectivity index (χ0v) is 20.4. The average Bonchev–Trinajstić information content (AvgIpc) is 3.32. The maximum Gasteiger partial charge on any atom is 0.162 e. The van der Waals surface area contributed by atoms with Gasteiger partial charge in [0.15, 0.2) is 5.78 Å². The van der Waals surface area contributed by atoms with Gasteiger partial charge >= 0.3 is 0 Å². The van der Waals surface area contributed by atoms with Crippen LogP contribution in [0.4, 0.5) is 5.69 Å². The van der Waals surface area contributed by atoms with Crippen molar-refractivity contribution in [2.45, 2.75) is 38.0 Å². The number of aryl methyl sites for hydroxylation is 1. The number of nitrogens with zero attached hydrogens (tertiary/aromatic N) is 2. The largest absolute Gasteiger partial charge is 0.384 e. The molecule has 2 aliphatic rings. The second kappa shape index (κ2) is 9.13. The van der Waals surface area contributed by atoms with Gasteiger partial charge in [-0.05, 0) is 54.7 Å². The quantitative estimate of drug-likeness (QED) is 0.448. The van der Waals surface area contributed by atoms with E-state index in [1.165, 1.54) is 4.88 Å². The number of hydrogen-bond donors (Lipinski definition) is 1. The third-order valence-electron chi connectivity index (χ3n) is 6.62. The normalized spacial score (nSPS) is 20.4. The smallest absolute Gasteiger partial charge is 0.162 e. The highest BCUT2D eigenvalue weighted by Gasteiger charge is 2.43. The molecule has 0 spiro atoms. The van der Waals surface area contributed by atoms with Gasteiger partial charge in [-0.3, -0.25) is 9.69 Å². The Morgan fingerprint density at radius 1 is 1.12 bits per heavy atom. The number of ketones is 1. The molecule has 3 aromatic rings. The van der Waals surface area contributed by atoms with Crippen molar-refractivity contribution in [3.63, 3.8) is 0 Å². The standard InChI is InChI=1S/C28H24ClN3OS/c1-2-21-11-12-25(34-21)26-22(16-30)28(31)32(20-10-6-9-19(29)15-20)23-13-18(14-24(33)27(23)26)17-7-4-3-5-8-17/h3-12,15,18,26H,2,13-14,31H2,1H3/t18-,26+/m0/s1. The molecule has 0 bridgehead atoms. The molecule has 2 N–H and O–H groups in total. The van der Waals surface area contributed by atoms with Crippen LogP contribution >= 0.6 is 22.9 Å². The molecule has 2 atom stereocenters. The van der Waals surface area contributed by atoms with Crippen LogP contribution in [-0.4, -0.2) is 5.78 Å². The molecule has 1 aliphatic heterocycles. The molecule has 0 fully saturated rings. The van der Waals surface area contributed by atoms with Crippen LogP contribution in [0.2, 0.25) is 5.02 Å². The van der Waals surface area contributed by atoms with Gasteiger partial charge in [0.1, 0.15) is 5.82 Å². The SMILES string of the molecule is CCc1ccc([C@H]2C(C#N)=C(N)N(c3cccc(Cl)c3)C3=C2C(=O)C[C@@H](c2ccccc2)C3)s1. The molecular formula is C28H24ClN3OS. The molecule has 0 amide bonds.